The highest BCUT2D eigenvalue weighted by atomic mass is 35.5. The van der Waals surface area contributed by atoms with Crippen LogP contribution in [0.25, 0.3) is 0 Å². The van der Waals surface area contributed by atoms with Gasteiger partial charge in [-0.25, -0.2) is 4.79 Å². The molecule has 1 aliphatic rings. The highest BCUT2D eigenvalue weighted by Crippen LogP contribution is 2.32. The summed E-state index contributed by atoms with van der Waals surface area (Å²) >= 11 is 6.15. The van der Waals surface area contributed by atoms with Gasteiger partial charge in [-0.1, -0.05) is 17.7 Å². The first-order valence-corrected chi connectivity index (χ1v) is 6.31. The standard InChI is InChI=1S/C13H16ClNO3/c1-18-9-4-3-7-15(8-9)12-10(13(16)17)5-2-6-11(12)14/h2,5-6,9H,3-4,7-8H2,1H3,(H,16,17). The molecule has 1 aliphatic heterocycles. The fraction of sp³-hybridized carbons (Fsp3) is 0.462. The van der Waals surface area contributed by atoms with E-state index in [1.165, 1.54) is 0 Å². The number of piperidine rings is 1. The summed E-state index contributed by atoms with van der Waals surface area (Å²) in [6.07, 6.45) is 2.11. The number of ether oxygens (including phenoxy) is 1. The molecule has 0 saturated carbocycles. The molecule has 1 unspecified atom stereocenters. The van der Waals surface area contributed by atoms with Crippen molar-refractivity contribution in [3.8, 4) is 0 Å². The fourth-order valence-electron chi connectivity index (χ4n) is 2.34. The van der Waals surface area contributed by atoms with Crippen LogP contribution in [0.5, 0.6) is 0 Å². The molecule has 2 rings (SSSR count). The Morgan fingerprint density at radius 2 is 2.33 bits per heavy atom. The number of anilines is 1. The van der Waals surface area contributed by atoms with Crippen molar-refractivity contribution >= 4 is 23.3 Å². The molecule has 0 aromatic heterocycles. The van der Waals surface area contributed by atoms with Gasteiger partial charge in [-0.2, -0.15) is 0 Å². The molecule has 1 aromatic carbocycles. The first-order chi connectivity index (χ1) is 8.63. The SMILES string of the molecule is COC1CCCN(c2c(Cl)cccc2C(=O)O)C1. The monoisotopic (exact) mass is 269 g/mol. The van der Waals surface area contributed by atoms with E-state index in [2.05, 4.69) is 0 Å². The third kappa shape index (κ3) is 2.60. The van der Waals surface area contributed by atoms with Gasteiger partial charge >= 0.3 is 5.97 Å². The molecule has 5 heteroatoms. The number of halogens is 1. The maximum Gasteiger partial charge on any atom is 0.337 e. The Labute approximate surface area is 111 Å². The van der Waals surface area contributed by atoms with E-state index in [0.717, 1.165) is 19.4 Å². The number of hydrogen-bond acceptors (Lipinski definition) is 3. The molecule has 1 fully saturated rings. The molecule has 4 nitrogen and oxygen atoms in total. The minimum Gasteiger partial charge on any atom is -0.478 e. The van der Waals surface area contributed by atoms with Gasteiger partial charge in [-0.15, -0.1) is 0 Å². The molecule has 1 N–H and O–H groups in total. The van der Waals surface area contributed by atoms with Crippen LogP contribution < -0.4 is 4.90 Å². The quantitative estimate of drug-likeness (QED) is 0.917. The number of rotatable bonds is 3. The molecule has 1 aromatic rings. The van der Waals surface area contributed by atoms with E-state index >= 15 is 0 Å². The largest absolute Gasteiger partial charge is 0.478 e. The molecule has 0 amide bonds. The van der Waals surface area contributed by atoms with Crippen LogP contribution in [-0.2, 0) is 4.74 Å². The van der Waals surface area contributed by atoms with Gasteiger partial charge in [0.1, 0.15) is 0 Å². The van der Waals surface area contributed by atoms with Crippen LogP contribution in [0.4, 0.5) is 5.69 Å². The minimum absolute atomic E-state index is 0.136. The van der Waals surface area contributed by atoms with E-state index in [1.807, 2.05) is 4.90 Å². The third-order valence-electron chi connectivity index (χ3n) is 3.24. The van der Waals surface area contributed by atoms with Crippen LogP contribution in [0.3, 0.4) is 0 Å². The minimum atomic E-state index is -0.952. The number of aromatic carboxylic acids is 1. The van der Waals surface area contributed by atoms with Gasteiger partial charge in [0.05, 0.1) is 22.4 Å². The van der Waals surface area contributed by atoms with E-state index in [0.29, 0.717) is 17.3 Å². The van der Waals surface area contributed by atoms with Crippen molar-refractivity contribution in [2.45, 2.75) is 18.9 Å². The van der Waals surface area contributed by atoms with Gasteiger partial charge in [-0.05, 0) is 25.0 Å². The number of hydrogen-bond donors (Lipinski definition) is 1. The summed E-state index contributed by atoms with van der Waals surface area (Å²) < 4.78 is 5.35. The second-order valence-corrected chi connectivity index (χ2v) is 4.79. The van der Waals surface area contributed by atoms with Crippen LogP contribution in [0.2, 0.25) is 5.02 Å². The molecule has 98 valence electrons. The zero-order valence-corrected chi connectivity index (χ0v) is 11.0. The number of nitrogens with zero attached hydrogens (tertiary/aromatic N) is 1. The van der Waals surface area contributed by atoms with E-state index in [1.54, 1.807) is 25.3 Å². The zero-order chi connectivity index (χ0) is 13.1. The average Bonchev–Trinajstić information content (AvgIpc) is 2.38. The van der Waals surface area contributed by atoms with Gasteiger partial charge in [0, 0.05) is 20.2 Å². The lowest BCUT2D eigenvalue weighted by atomic mass is 10.1. The molecule has 1 saturated heterocycles. The molecular formula is C13H16ClNO3. The Kier molecular flexibility index (Phi) is 4.09. The van der Waals surface area contributed by atoms with E-state index in [9.17, 15) is 9.90 Å². The maximum absolute atomic E-state index is 11.3. The van der Waals surface area contributed by atoms with Crippen molar-refractivity contribution in [2.75, 3.05) is 25.1 Å². The van der Waals surface area contributed by atoms with Crippen molar-refractivity contribution in [2.24, 2.45) is 0 Å². The highest BCUT2D eigenvalue weighted by molar-refractivity contribution is 6.34. The Bertz CT molecular complexity index is 450. The number of carboxylic acid groups (broad SMARTS) is 1. The fourth-order valence-corrected chi connectivity index (χ4v) is 2.64. The van der Waals surface area contributed by atoms with Gasteiger partial charge in [0.25, 0.3) is 0 Å². The lowest BCUT2D eigenvalue weighted by Crippen LogP contribution is -2.40. The van der Waals surface area contributed by atoms with Gasteiger partial charge in [-0.3, -0.25) is 0 Å². The van der Waals surface area contributed by atoms with Crippen molar-refractivity contribution in [3.05, 3.63) is 28.8 Å². The Hall–Kier alpha value is -1.26. The van der Waals surface area contributed by atoms with E-state index < -0.39 is 5.97 Å². The summed E-state index contributed by atoms with van der Waals surface area (Å²) in [5.74, 6) is -0.952. The molecule has 0 radical (unpaired) electrons. The number of carboxylic acids is 1. The third-order valence-corrected chi connectivity index (χ3v) is 3.55. The predicted molar refractivity (Wildman–Crippen MR) is 70.7 cm³/mol. The number of benzene rings is 1. The zero-order valence-electron chi connectivity index (χ0n) is 10.2. The van der Waals surface area contributed by atoms with E-state index in [-0.39, 0.29) is 11.7 Å². The Morgan fingerprint density at radius 1 is 1.56 bits per heavy atom. The van der Waals surface area contributed by atoms with Crippen LogP contribution >= 0.6 is 11.6 Å². The van der Waals surface area contributed by atoms with Crippen molar-refractivity contribution in [3.63, 3.8) is 0 Å². The second kappa shape index (κ2) is 5.59. The Morgan fingerprint density at radius 3 is 3.00 bits per heavy atom. The van der Waals surface area contributed by atoms with Gasteiger partial charge in [0.15, 0.2) is 0 Å². The lowest BCUT2D eigenvalue weighted by molar-refractivity contribution is 0.0695. The van der Waals surface area contributed by atoms with Crippen LogP contribution in [-0.4, -0.2) is 37.4 Å². The van der Waals surface area contributed by atoms with E-state index in [4.69, 9.17) is 16.3 Å². The highest BCUT2D eigenvalue weighted by Gasteiger charge is 2.25. The molecule has 0 bridgehead atoms. The second-order valence-electron chi connectivity index (χ2n) is 4.39. The first kappa shape index (κ1) is 13.2. The molecule has 0 spiro atoms. The average molecular weight is 270 g/mol. The predicted octanol–water partition coefficient (Wildman–Crippen LogP) is 2.65. The van der Waals surface area contributed by atoms with Crippen LogP contribution in [0.15, 0.2) is 18.2 Å². The van der Waals surface area contributed by atoms with Crippen molar-refractivity contribution in [1.82, 2.24) is 0 Å². The summed E-state index contributed by atoms with van der Waals surface area (Å²) in [5, 5.41) is 9.71. The first-order valence-electron chi connectivity index (χ1n) is 5.93. The van der Waals surface area contributed by atoms with Crippen LogP contribution in [0.1, 0.15) is 23.2 Å². The molecule has 1 atom stereocenters. The summed E-state index contributed by atoms with van der Waals surface area (Å²) in [5.41, 5.74) is 0.854. The molecule has 1 heterocycles. The van der Waals surface area contributed by atoms with Gasteiger partial charge in [0.2, 0.25) is 0 Å². The summed E-state index contributed by atoms with van der Waals surface area (Å²) in [6.45, 7) is 1.49. The summed E-state index contributed by atoms with van der Waals surface area (Å²) in [6, 6.07) is 4.97. The van der Waals surface area contributed by atoms with Crippen molar-refractivity contribution < 1.29 is 14.6 Å². The number of para-hydroxylation sites is 1. The normalized spacial score (nSPS) is 19.9. The maximum atomic E-state index is 11.3. The summed E-state index contributed by atoms with van der Waals surface area (Å²) in [4.78, 5) is 13.3. The smallest absolute Gasteiger partial charge is 0.337 e. The Balaban J connectivity index is 2.34. The molecular weight excluding hydrogens is 254 g/mol. The molecule has 0 aliphatic carbocycles. The molecule has 18 heavy (non-hydrogen) atoms. The topological polar surface area (TPSA) is 49.8 Å². The summed E-state index contributed by atoms with van der Waals surface area (Å²) in [7, 11) is 1.68. The number of carbonyl (C=O) groups is 1. The lowest BCUT2D eigenvalue weighted by Gasteiger charge is -2.34. The van der Waals surface area contributed by atoms with Crippen LogP contribution in [0, 0.1) is 0 Å². The number of methoxy groups -OCH3 is 1. The van der Waals surface area contributed by atoms with Gasteiger partial charge < -0.3 is 14.7 Å². The van der Waals surface area contributed by atoms with Crippen molar-refractivity contribution in [1.29, 1.82) is 0 Å².